The molecule has 5 rings (SSSR count). The van der Waals surface area contributed by atoms with E-state index in [1.807, 2.05) is 83.4 Å². The van der Waals surface area contributed by atoms with E-state index in [1.165, 1.54) is 0 Å². The Kier molecular flexibility index (Phi) is 5.23. The molecule has 0 unspecified atom stereocenters. The van der Waals surface area contributed by atoms with E-state index in [0.29, 0.717) is 12.2 Å². The van der Waals surface area contributed by atoms with Crippen molar-refractivity contribution >= 4 is 5.91 Å². The van der Waals surface area contributed by atoms with Crippen molar-refractivity contribution in [1.82, 2.24) is 24.6 Å². The normalized spacial score (nSPS) is 15.8. The number of hydrogen-bond acceptors (Lipinski definition) is 4. The number of aromatic nitrogens is 4. The molecule has 162 valence electrons. The Labute approximate surface area is 186 Å². The number of nitrogens with zero attached hydrogens (tertiary/aromatic N) is 4. The molecule has 0 saturated carbocycles. The van der Waals surface area contributed by atoms with Gasteiger partial charge in [-0.3, -0.25) is 4.79 Å². The number of benzene rings is 2. The van der Waals surface area contributed by atoms with E-state index in [-0.39, 0.29) is 11.9 Å². The molecule has 0 bridgehead atoms. The molecule has 4 aromatic rings. The van der Waals surface area contributed by atoms with E-state index < -0.39 is 0 Å². The van der Waals surface area contributed by atoms with Crippen LogP contribution in [0.1, 0.15) is 40.9 Å². The fourth-order valence-electron chi connectivity index (χ4n) is 4.29. The first kappa shape index (κ1) is 20.1. The van der Waals surface area contributed by atoms with Crippen LogP contribution in [0.2, 0.25) is 0 Å². The summed E-state index contributed by atoms with van der Waals surface area (Å²) >= 11 is 0. The minimum Gasteiger partial charge on any atom is -0.497 e. The van der Waals surface area contributed by atoms with Gasteiger partial charge in [-0.2, -0.15) is 5.10 Å². The van der Waals surface area contributed by atoms with Crippen molar-refractivity contribution in [1.29, 1.82) is 0 Å². The van der Waals surface area contributed by atoms with Crippen LogP contribution in [0, 0.1) is 6.92 Å². The summed E-state index contributed by atoms with van der Waals surface area (Å²) < 4.78 is 7.14. The van der Waals surface area contributed by atoms with Gasteiger partial charge in [0.2, 0.25) is 0 Å². The smallest absolute Gasteiger partial charge is 0.274 e. The highest BCUT2D eigenvalue weighted by Gasteiger charge is 2.34. The number of carbonyl (C=O) groups excluding carboxylic acids is 1. The summed E-state index contributed by atoms with van der Waals surface area (Å²) in [6.07, 6.45) is 3.62. The van der Waals surface area contributed by atoms with E-state index in [9.17, 15) is 4.79 Å². The first-order chi connectivity index (χ1) is 15.6. The van der Waals surface area contributed by atoms with Crippen molar-refractivity contribution in [2.45, 2.75) is 25.8 Å². The van der Waals surface area contributed by atoms with Crippen LogP contribution in [0.5, 0.6) is 5.75 Å². The molecule has 0 spiro atoms. The Morgan fingerprint density at radius 2 is 1.97 bits per heavy atom. The highest BCUT2D eigenvalue weighted by atomic mass is 16.5. The molecule has 1 atom stereocenters. The molecule has 32 heavy (non-hydrogen) atoms. The molecular weight excluding hydrogens is 402 g/mol. The number of rotatable bonds is 5. The lowest BCUT2D eigenvalue weighted by Gasteiger charge is -2.22. The number of para-hydroxylation sites is 1. The monoisotopic (exact) mass is 427 g/mol. The average molecular weight is 428 g/mol. The van der Waals surface area contributed by atoms with Crippen molar-refractivity contribution in [3.05, 3.63) is 84.1 Å². The zero-order valence-electron chi connectivity index (χ0n) is 18.2. The summed E-state index contributed by atoms with van der Waals surface area (Å²) in [7, 11) is 1.65. The van der Waals surface area contributed by atoms with Gasteiger partial charge in [0.25, 0.3) is 5.91 Å². The number of methoxy groups -OCH3 is 1. The van der Waals surface area contributed by atoms with Crippen LogP contribution in [-0.2, 0) is 0 Å². The molecule has 1 amide bonds. The number of aromatic amines is 1. The van der Waals surface area contributed by atoms with Crippen molar-refractivity contribution in [2.75, 3.05) is 13.7 Å². The third-order valence-electron chi connectivity index (χ3n) is 5.91. The third-order valence-corrected chi connectivity index (χ3v) is 5.91. The molecule has 7 heteroatoms. The van der Waals surface area contributed by atoms with Gasteiger partial charge >= 0.3 is 0 Å². The lowest BCUT2D eigenvalue weighted by molar-refractivity contribution is 0.0724. The van der Waals surface area contributed by atoms with Gasteiger partial charge in [0.15, 0.2) is 5.69 Å². The highest BCUT2D eigenvalue weighted by molar-refractivity contribution is 5.93. The molecule has 7 nitrogen and oxygen atoms in total. The maximum Gasteiger partial charge on any atom is 0.274 e. The molecule has 3 heterocycles. The van der Waals surface area contributed by atoms with Crippen LogP contribution >= 0.6 is 0 Å². The maximum atomic E-state index is 13.4. The Bertz CT molecular complexity index is 1240. The number of hydrogen-bond donors (Lipinski definition) is 1. The second kappa shape index (κ2) is 8.34. The molecule has 1 aliphatic rings. The number of amides is 1. The highest BCUT2D eigenvalue weighted by Crippen LogP contribution is 2.33. The molecule has 1 fully saturated rings. The Hall–Kier alpha value is -3.87. The summed E-state index contributed by atoms with van der Waals surface area (Å²) in [5.41, 5.74) is 4.22. The van der Waals surface area contributed by atoms with Gasteiger partial charge < -0.3 is 14.6 Å². The van der Waals surface area contributed by atoms with Crippen molar-refractivity contribution < 1.29 is 9.53 Å². The molecule has 0 radical (unpaired) electrons. The maximum absolute atomic E-state index is 13.4. The van der Waals surface area contributed by atoms with Crippen LogP contribution in [0.3, 0.4) is 0 Å². The SMILES string of the molecule is COc1cccc(-c2cnc([C@H]3CCCN3C(=O)c3cc(C)n(-c4ccccc4)n3)[nH]2)c1. The first-order valence-corrected chi connectivity index (χ1v) is 10.8. The van der Waals surface area contributed by atoms with Gasteiger partial charge in [-0.25, -0.2) is 9.67 Å². The van der Waals surface area contributed by atoms with Gasteiger partial charge in [0.1, 0.15) is 11.6 Å². The van der Waals surface area contributed by atoms with Crippen LogP contribution < -0.4 is 4.74 Å². The standard InChI is InChI=1S/C25H25N5O2/c1-17-14-21(28-30(17)19-9-4-3-5-10-19)25(31)29-13-7-12-23(29)24-26-16-22(27-24)18-8-6-11-20(15-18)32-2/h3-6,8-11,14-16,23H,7,12-13H2,1-2H3,(H,26,27)/t23-/m1/s1. The summed E-state index contributed by atoms with van der Waals surface area (Å²) in [6, 6.07) is 19.5. The summed E-state index contributed by atoms with van der Waals surface area (Å²) in [4.78, 5) is 23.3. The number of aryl methyl sites for hydroxylation is 1. The summed E-state index contributed by atoms with van der Waals surface area (Å²) in [5.74, 6) is 1.53. The Morgan fingerprint density at radius 1 is 1.12 bits per heavy atom. The van der Waals surface area contributed by atoms with Gasteiger partial charge in [0.05, 0.1) is 30.7 Å². The lowest BCUT2D eigenvalue weighted by Crippen LogP contribution is -2.31. The van der Waals surface area contributed by atoms with Gasteiger partial charge in [-0.05, 0) is 50.1 Å². The number of nitrogens with one attached hydrogen (secondary N) is 1. The minimum absolute atomic E-state index is 0.0652. The molecule has 0 aliphatic carbocycles. The molecule has 2 aromatic heterocycles. The number of likely N-dealkylation sites (tertiary alicyclic amines) is 1. The van der Waals surface area contributed by atoms with Crippen LogP contribution in [-0.4, -0.2) is 44.2 Å². The third kappa shape index (κ3) is 3.66. The molecule has 1 N–H and O–H groups in total. The lowest BCUT2D eigenvalue weighted by atomic mass is 10.1. The van der Waals surface area contributed by atoms with E-state index in [1.54, 1.807) is 7.11 Å². The largest absolute Gasteiger partial charge is 0.497 e. The Morgan fingerprint density at radius 3 is 2.78 bits per heavy atom. The van der Waals surface area contributed by atoms with Crippen LogP contribution in [0.25, 0.3) is 16.9 Å². The van der Waals surface area contributed by atoms with E-state index in [4.69, 9.17) is 4.74 Å². The van der Waals surface area contributed by atoms with Crippen LogP contribution in [0.4, 0.5) is 0 Å². The van der Waals surface area contributed by atoms with E-state index in [2.05, 4.69) is 15.1 Å². The fourth-order valence-corrected chi connectivity index (χ4v) is 4.29. The zero-order chi connectivity index (χ0) is 22.1. The minimum atomic E-state index is -0.0935. The zero-order valence-corrected chi connectivity index (χ0v) is 18.2. The van der Waals surface area contributed by atoms with Gasteiger partial charge in [0, 0.05) is 17.8 Å². The molecule has 2 aromatic carbocycles. The summed E-state index contributed by atoms with van der Waals surface area (Å²) in [5, 5.41) is 4.61. The predicted octanol–water partition coefficient (Wildman–Crippen LogP) is 4.56. The quantitative estimate of drug-likeness (QED) is 0.507. The Balaban J connectivity index is 1.40. The van der Waals surface area contributed by atoms with Crippen molar-refractivity contribution in [3.63, 3.8) is 0 Å². The topological polar surface area (TPSA) is 76.0 Å². The fraction of sp³-hybridized carbons (Fsp3) is 0.240. The first-order valence-electron chi connectivity index (χ1n) is 10.8. The van der Waals surface area contributed by atoms with Crippen molar-refractivity contribution in [2.24, 2.45) is 0 Å². The van der Waals surface area contributed by atoms with Gasteiger partial charge in [-0.1, -0.05) is 30.3 Å². The number of ether oxygens (including phenoxy) is 1. The predicted molar refractivity (Wildman–Crippen MR) is 122 cm³/mol. The van der Waals surface area contributed by atoms with Crippen molar-refractivity contribution in [3.8, 4) is 22.7 Å². The van der Waals surface area contributed by atoms with E-state index >= 15 is 0 Å². The van der Waals surface area contributed by atoms with E-state index in [0.717, 1.165) is 47.1 Å². The number of H-pyrrole nitrogens is 1. The number of carbonyl (C=O) groups is 1. The second-order valence-electron chi connectivity index (χ2n) is 7.99. The summed E-state index contributed by atoms with van der Waals surface area (Å²) in [6.45, 7) is 2.65. The number of imidazole rings is 1. The van der Waals surface area contributed by atoms with Gasteiger partial charge in [-0.15, -0.1) is 0 Å². The molecule has 1 saturated heterocycles. The molecule has 1 aliphatic heterocycles. The molecular formula is C25H25N5O2. The average Bonchev–Trinajstić information content (AvgIpc) is 3.58. The van der Waals surface area contributed by atoms with Crippen LogP contribution in [0.15, 0.2) is 66.9 Å². The second-order valence-corrected chi connectivity index (χ2v) is 7.99.